The van der Waals surface area contributed by atoms with Crippen LogP contribution >= 0.6 is 11.3 Å². The largest absolute Gasteiger partial charge is 0.478 e. The molecule has 0 aliphatic heterocycles. The number of carbonyl (C=O) groups excluding carboxylic acids is 1. The standard InChI is InChI=1S/C22H26O3S/c1-15-6-5-7-16(12-15)10-11-18(23)13-20-21(22(24)25)19(14-26-20)17-8-3-2-4-9-17/h5-7,12,14,17H,2-4,8-11,13H2,1H3,(H,24,25). The third-order valence-corrected chi connectivity index (χ3v) is 6.29. The van der Waals surface area contributed by atoms with Crippen LogP contribution in [0.4, 0.5) is 0 Å². The zero-order chi connectivity index (χ0) is 18.5. The van der Waals surface area contributed by atoms with Crippen LogP contribution in [0.2, 0.25) is 0 Å². The monoisotopic (exact) mass is 370 g/mol. The highest BCUT2D eigenvalue weighted by molar-refractivity contribution is 7.10. The van der Waals surface area contributed by atoms with Crippen molar-refractivity contribution in [1.29, 1.82) is 0 Å². The van der Waals surface area contributed by atoms with E-state index in [0.29, 0.717) is 24.3 Å². The summed E-state index contributed by atoms with van der Waals surface area (Å²) in [5.74, 6) is -0.415. The summed E-state index contributed by atoms with van der Waals surface area (Å²) in [6, 6.07) is 8.19. The first-order chi connectivity index (χ1) is 12.5. The minimum Gasteiger partial charge on any atom is -0.478 e. The summed E-state index contributed by atoms with van der Waals surface area (Å²) in [4.78, 5) is 25.0. The molecule has 1 aromatic heterocycles. The lowest BCUT2D eigenvalue weighted by molar-refractivity contribution is -0.118. The number of carbonyl (C=O) groups is 2. The van der Waals surface area contributed by atoms with Crippen molar-refractivity contribution in [3.05, 3.63) is 56.8 Å². The van der Waals surface area contributed by atoms with E-state index >= 15 is 0 Å². The van der Waals surface area contributed by atoms with Crippen molar-refractivity contribution in [2.24, 2.45) is 0 Å². The van der Waals surface area contributed by atoms with Crippen LogP contribution in [0.15, 0.2) is 29.6 Å². The minimum absolute atomic E-state index is 0.117. The van der Waals surface area contributed by atoms with E-state index in [9.17, 15) is 14.7 Å². The van der Waals surface area contributed by atoms with Crippen molar-refractivity contribution in [3.8, 4) is 0 Å². The Hall–Kier alpha value is -1.94. The molecule has 0 unspecified atom stereocenters. The van der Waals surface area contributed by atoms with Gasteiger partial charge in [0.15, 0.2) is 0 Å². The number of carboxylic acid groups (broad SMARTS) is 1. The molecule has 1 saturated carbocycles. The van der Waals surface area contributed by atoms with Gasteiger partial charge in [-0.15, -0.1) is 11.3 Å². The molecular formula is C22H26O3S. The summed E-state index contributed by atoms with van der Waals surface area (Å²) in [7, 11) is 0. The second kappa shape index (κ2) is 8.63. The smallest absolute Gasteiger partial charge is 0.337 e. The predicted octanol–water partition coefficient (Wildman–Crippen LogP) is 5.55. The summed E-state index contributed by atoms with van der Waals surface area (Å²) in [6.07, 6.45) is 7.13. The number of rotatable bonds is 7. The third kappa shape index (κ3) is 4.61. The molecule has 1 N–H and O–H groups in total. The molecule has 0 saturated heterocycles. The Morgan fingerprint density at radius 1 is 1.19 bits per heavy atom. The SMILES string of the molecule is Cc1cccc(CCC(=O)Cc2scc(C3CCCCC3)c2C(=O)O)c1. The molecule has 2 aromatic rings. The lowest BCUT2D eigenvalue weighted by atomic mass is 9.83. The Bertz CT molecular complexity index is 784. The van der Waals surface area contributed by atoms with Crippen molar-refractivity contribution >= 4 is 23.1 Å². The second-order valence-electron chi connectivity index (χ2n) is 7.33. The normalized spacial score (nSPS) is 15.1. The van der Waals surface area contributed by atoms with Crippen LogP contribution in [-0.4, -0.2) is 16.9 Å². The van der Waals surface area contributed by atoms with Gasteiger partial charge in [0.25, 0.3) is 0 Å². The zero-order valence-corrected chi connectivity index (χ0v) is 16.1. The van der Waals surface area contributed by atoms with Crippen LogP contribution < -0.4 is 0 Å². The van der Waals surface area contributed by atoms with Crippen LogP contribution in [0, 0.1) is 6.92 Å². The first kappa shape index (κ1) is 18.8. The van der Waals surface area contributed by atoms with Crippen LogP contribution in [0.3, 0.4) is 0 Å². The number of hydrogen-bond acceptors (Lipinski definition) is 3. The van der Waals surface area contributed by atoms with Crippen LogP contribution in [0.5, 0.6) is 0 Å². The molecule has 0 amide bonds. The Morgan fingerprint density at radius 3 is 2.65 bits per heavy atom. The first-order valence-corrected chi connectivity index (χ1v) is 10.3. The highest BCUT2D eigenvalue weighted by Gasteiger charge is 2.26. The van der Waals surface area contributed by atoms with E-state index in [1.54, 1.807) is 0 Å². The van der Waals surface area contributed by atoms with Crippen LogP contribution in [0.1, 0.15) is 76.4 Å². The summed E-state index contributed by atoms with van der Waals surface area (Å²) in [5, 5.41) is 11.7. The molecule has 3 rings (SSSR count). The van der Waals surface area contributed by atoms with E-state index in [2.05, 4.69) is 6.07 Å². The molecule has 1 aliphatic rings. The number of Topliss-reactive ketones (excluding diaryl/α,β-unsaturated/α-hetero) is 1. The molecule has 3 nitrogen and oxygen atoms in total. The van der Waals surface area contributed by atoms with Gasteiger partial charge in [0.1, 0.15) is 5.78 Å². The molecule has 0 atom stereocenters. The highest BCUT2D eigenvalue weighted by atomic mass is 32.1. The third-order valence-electron chi connectivity index (χ3n) is 5.29. The van der Waals surface area contributed by atoms with E-state index in [4.69, 9.17) is 0 Å². The molecule has 1 aliphatic carbocycles. The number of benzene rings is 1. The van der Waals surface area contributed by atoms with Gasteiger partial charge in [0, 0.05) is 17.7 Å². The van der Waals surface area contributed by atoms with E-state index < -0.39 is 5.97 Å². The van der Waals surface area contributed by atoms with E-state index in [1.807, 2.05) is 30.5 Å². The van der Waals surface area contributed by atoms with Crippen molar-refractivity contribution in [2.75, 3.05) is 0 Å². The van der Waals surface area contributed by atoms with Gasteiger partial charge in [-0.3, -0.25) is 4.79 Å². The molecule has 138 valence electrons. The molecule has 0 spiro atoms. The van der Waals surface area contributed by atoms with Gasteiger partial charge in [0.2, 0.25) is 0 Å². The summed E-state index contributed by atoms with van der Waals surface area (Å²) in [5.41, 5.74) is 3.72. The number of aromatic carboxylic acids is 1. The van der Waals surface area contributed by atoms with Gasteiger partial charge in [-0.2, -0.15) is 0 Å². The Balaban J connectivity index is 1.67. The van der Waals surface area contributed by atoms with Crippen LogP contribution in [0.25, 0.3) is 0 Å². The molecule has 1 heterocycles. The predicted molar refractivity (Wildman–Crippen MR) is 105 cm³/mol. The number of aryl methyl sites for hydroxylation is 2. The van der Waals surface area contributed by atoms with Gasteiger partial charge in [-0.25, -0.2) is 4.79 Å². The Kier molecular flexibility index (Phi) is 6.25. The molecule has 0 bridgehead atoms. The van der Waals surface area contributed by atoms with E-state index in [-0.39, 0.29) is 12.2 Å². The van der Waals surface area contributed by atoms with E-state index in [1.165, 1.54) is 36.2 Å². The fraction of sp³-hybridized carbons (Fsp3) is 0.455. The fourth-order valence-electron chi connectivity index (χ4n) is 3.92. The van der Waals surface area contributed by atoms with Gasteiger partial charge in [-0.05, 0) is 48.6 Å². The second-order valence-corrected chi connectivity index (χ2v) is 8.30. The van der Waals surface area contributed by atoms with Crippen molar-refractivity contribution in [2.45, 2.75) is 64.2 Å². The van der Waals surface area contributed by atoms with E-state index in [0.717, 1.165) is 28.8 Å². The van der Waals surface area contributed by atoms with Gasteiger partial charge < -0.3 is 5.11 Å². The number of carboxylic acids is 1. The van der Waals surface area contributed by atoms with Gasteiger partial charge in [-0.1, -0.05) is 49.1 Å². The summed E-state index contributed by atoms with van der Waals surface area (Å²) >= 11 is 1.45. The maximum absolute atomic E-state index is 12.4. The summed E-state index contributed by atoms with van der Waals surface area (Å²) in [6.45, 7) is 2.04. The van der Waals surface area contributed by atoms with Gasteiger partial charge in [0.05, 0.1) is 5.56 Å². The maximum atomic E-state index is 12.4. The molecular weight excluding hydrogens is 344 g/mol. The average Bonchev–Trinajstić information content (AvgIpc) is 3.04. The summed E-state index contributed by atoms with van der Waals surface area (Å²) < 4.78 is 0. The van der Waals surface area contributed by atoms with Crippen molar-refractivity contribution < 1.29 is 14.7 Å². The fourth-order valence-corrected chi connectivity index (χ4v) is 5.07. The highest BCUT2D eigenvalue weighted by Crippen LogP contribution is 2.38. The quantitative estimate of drug-likeness (QED) is 0.695. The molecule has 26 heavy (non-hydrogen) atoms. The lowest BCUT2D eigenvalue weighted by Gasteiger charge is -2.21. The molecule has 4 heteroatoms. The molecule has 1 aromatic carbocycles. The zero-order valence-electron chi connectivity index (χ0n) is 15.3. The first-order valence-electron chi connectivity index (χ1n) is 9.45. The maximum Gasteiger partial charge on any atom is 0.337 e. The molecule has 1 fully saturated rings. The topological polar surface area (TPSA) is 54.4 Å². The van der Waals surface area contributed by atoms with Crippen LogP contribution in [-0.2, 0) is 17.6 Å². The number of thiophene rings is 1. The van der Waals surface area contributed by atoms with Crippen molar-refractivity contribution in [1.82, 2.24) is 0 Å². The molecule has 0 radical (unpaired) electrons. The lowest BCUT2D eigenvalue weighted by Crippen LogP contribution is -2.12. The Labute approximate surface area is 159 Å². The van der Waals surface area contributed by atoms with Crippen molar-refractivity contribution in [3.63, 3.8) is 0 Å². The minimum atomic E-state index is -0.881. The number of hydrogen-bond donors (Lipinski definition) is 1. The average molecular weight is 371 g/mol. The number of ketones is 1. The Morgan fingerprint density at radius 2 is 1.96 bits per heavy atom. The van der Waals surface area contributed by atoms with Gasteiger partial charge >= 0.3 is 5.97 Å².